The van der Waals surface area contributed by atoms with Gasteiger partial charge in [-0.3, -0.25) is 10.0 Å². The lowest BCUT2D eigenvalue weighted by atomic mass is 10.1. The van der Waals surface area contributed by atoms with Crippen LogP contribution in [0.1, 0.15) is 39.0 Å². The molecule has 0 aliphatic rings. The van der Waals surface area contributed by atoms with Crippen molar-refractivity contribution in [3.05, 3.63) is 0 Å². The minimum atomic E-state index is -0.403. The summed E-state index contributed by atoms with van der Waals surface area (Å²) in [6.07, 6.45) is 5.04. The molecule has 0 saturated heterocycles. The summed E-state index contributed by atoms with van der Waals surface area (Å²) >= 11 is 1.27. The summed E-state index contributed by atoms with van der Waals surface area (Å²) in [5.41, 5.74) is 1.70. The van der Waals surface area contributed by atoms with E-state index >= 15 is 0 Å². The molecule has 1 heterocycles. The second kappa shape index (κ2) is 8.04. The Labute approximate surface area is 110 Å². The lowest BCUT2D eigenvalue weighted by Crippen LogP contribution is -2.30. The average molecular weight is 273 g/mol. The van der Waals surface area contributed by atoms with Gasteiger partial charge in [-0.25, -0.2) is 10.2 Å². The first kappa shape index (κ1) is 14.9. The maximum absolute atomic E-state index is 11.6. The molecule has 8 heteroatoms. The molecule has 1 amide bonds. The first-order chi connectivity index (χ1) is 8.69. The van der Waals surface area contributed by atoms with Crippen molar-refractivity contribution in [3.8, 4) is 0 Å². The van der Waals surface area contributed by atoms with Crippen LogP contribution in [-0.2, 0) is 11.8 Å². The van der Waals surface area contributed by atoms with E-state index in [2.05, 4.69) is 22.4 Å². The number of rotatable bonds is 8. The monoisotopic (exact) mass is 273 g/mol. The van der Waals surface area contributed by atoms with Crippen molar-refractivity contribution in [2.75, 3.05) is 0 Å². The number of hydrogen-bond donors (Lipinski definition) is 2. The molecule has 0 saturated carbocycles. The molecule has 0 aliphatic carbocycles. The number of nitrogens with zero attached hydrogens (tertiary/aromatic N) is 4. The molecule has 0 radical (unpaired) electrons. The van der Waals surface area contributed by atoms with Crippen molar-refractivity contribution in [1.82, 2.24) is 25.7 Å². The Hall–Kier alpha value is -1.15. The van der Waals surface area contributed by atoms with Gasteiger partial charge in [-0.15, -0.1) is 5.10 Å². The van der Waals surface area contributed by atoms with Crippen molar-refractivity contribution >= 4 is 17.7 Å². The van der Waals surface area contributed by atoms with Gasteiger partial charge >= 0.3 is 0 Å². The number of aromatic nitrogens is 4. The van der Waals surface area contributed by atoms with Crippen LogP contribution in [0.15, 0.2) is 5.16 Å². The van der Waals surface area contributed by atoms with Crippen LogP contribution in [0, 0.1) is 0 Å². The van der Waals surface area contributed by atoms with Gasteiger partial charge in [-0.05, 0) is 16.8 Å². The van der Waals surface area contributed by atoms with Crippen molar-refractivity contribution in [2.24, 2.45) is 7.05 Å². The maximum atomic E-state index is 11.6. The number of tetrazole rings is 1. The Balaban J connectivity index is 2.51. The van der Waals surface area contributed by atoms with E-state index in [1.165, 1.54) is 16.4 Å². The van der Waals surface area contributed by atoms with Gasteiger partial charge in [0.05, 0.1) is 5.25 Å². The number of aryl methyl sites for hydroxylation is 1. The van der Waals surface area contributed by atoms with E-state index < -0.39 is 5.91 Å². The summed E-state index contributed by atoms with van der Waals surface area (Å²) in [5.74, 6) is -0.403. The number of amides is 1. The quantitative estimate of drug-likeness (QED) is 0.319. The number of carbonyl (C=O) groups is 1. The highest BCUT2D eigenvalue weighted by Gasteiger charge is 2.21. The van der Waals surface area contributed by atoms with E-state index in [0.29, 0.717) is 11.6 Å². The zero-order valence-electron chi connectivity index (χ0n) is 10.7. The van der Waals surface area contributed by atoms with Crippen LogP contribution < -0.4 is 5.48 Å². The number of thioether (sulfide) groups is 1. The van der Waals surface area contributed by atoms with Crippen LogP contribution in [-0.4, -0.2) is 36.6 Å². The second-order valence-electron chi connectivity index (χ2n) is 4.02. The van der Waals surface area contributed by atoms with Crippen LogP contribution in [0.5, 0.6) is 0 Å². The lowest BCUT2D eigenvalue weighted by molar-refractivity contribution is -0.128. The SMILES string of the molecule is CCCCCCC(Sc1nnnn1C)C(=O)NO. The predicted octanol–water partition coefficient (Wildman–Crippen LogP) is 1.15. The highest BCUT2D eigenvalue weighted by molar-refractivity contribution is 8.00. The molecule has 0 aliphatic heterocycles. The fourth-order valence-electron chi connectivity index (χ4n) is 1.52. The van der Waals surface area contributed by atoms with Gasteiger partial charge in [-0.1, -0.05) is 44.4 Å². The molecule has 0 bridgehead atoms. The third-order valence-corrected chi connectivity index (χ3v) is 3.84. The molecular weight excluding hydrogens is 254 g/mol. The zero-order chi connectivity index (χ0) is 13.4. The van der Waals surface area contributed by atoms with Crippen molar-refractivity contribution in [3.63, 3.8) is 0 Å². The molecule has 7 nitrogen and oxygen atoms in total. The number of hydrogen-bond acceptors (Lipinski definition) is 6. The lowest BCUT2D eigenvalue weighted by Gasteiger charge is -2.12. The number of unbranched alkanes of at least 4 members (excludes halogenated alkanes) is 3. The van der Waals surface area contributed by atoms with E-state index in [1.807, 2.05) is 0 Å². The third kappa shape index (κ3) is 4.61. The van der Waals surface area contributed by atoms with Gasteiger partial charge in [0.1, 0.15) is 0 Å². The number of hydroxylamine groups is 1. The summed E-state index contributed by atoms with van der Waals surface area (Å²) in [6.45, 7) is 2.14. The molecule has 1 aromatic rings. The minimum absolute atomic E-state index is 0.364. The second-order valence-corrected chi connectivity index (χ2v) is 5.19. The van der Waals surface area contributed by atoms with Crippen molar-refractivity contribution in [2.45, 2.75) is 49.4 Å². The smallest absolute Gasteiger partial charge is 0.256 e. The van der Waals surface area contributed by atoms with Crippen LogP contribution >= 0.6 is 11.8 Å². The van der Waals surface area contributed by atoms with Gasteiger partial charge in [0, 0.05) is 7.05 Å². The van der Waals surface area contributed by atoms with Gasteiger partial charge in [0.25, 0.3) is 5.91 Å². The normalized spacial score (nSPS) is 12.4. The van der Waals surface area contributed by atoms with E-state index in [0.717, 1.165) is 25.7 Å². The summed E-state index contributed by atoms with van der Waals surface area (Å²) < 4.78 is 1.51. The first-order valence-electron chi connectivity index (χ1n) is 6.02. The molecule has 1 unspecified atom stereocenters. The van der Waals surface area contributed by atoms with E-state index in [1.54, 1.807) is 12.5 Å². The molecule has 1 atom stereocenters. The van der Waals surface area contributed by atoms with Gasteiger partial charge in [-0.2, -0.15) is 0 Å². The largest absolute Gasteiger partial charge is 0.289 e. The van der Waals surface area contributed by atoms with Crippen LogP contribution in [0.25, 0.3) is 0 Å². The van der Waals surface area contributed by atoms with Gasteiger partial charge < -0.3 is 0 Å². The summed E-state index contributed by atoms with van der Waals surface area (Å²) in [5, 5.41) is 20.0. The minimum Gasteiger partial charge on any atom is -0.289 e. The third-order valence-electron chi connectivity index (χ3n) is 2.55. The number of carbonyl (C=O) groups excluding carboxylic acids is 1. The van der Waals surface area contributed by atoms with Crippen LogP contribution in [0.2, 0.25) is 0 Å². The Morgan fingerprint density at radius 2 is 2.28 bits per heavy atom. The molecule has 18 heavy (non-hydrogen) atoms. The zero-order valence-corrected chi connectivity index (χ0v) is 11.5. The topological polar surface area (TPSA) is 92.9 Å². The van der Waals surface area contributed by atoms with Crippen molar-refractivity contribution < 1.29 is 10.0 Å². The van der Waals surface area contributed by atoms with E-state index in [-0.39, 0.29) is 5.25 Å². The molecular formula is C10H19N5O2S. The Morgan fingerprint density at radius 1 is 1.50 bits per heavy atom. The average Bonchev–Trinajstić information content (AvgIpc) is 2.78. The summed E-state index contributed by atoms with van der Waals surface area (Å²) in [4.78, 5) is 11.6. The molecule has 2 N–H and O–H groups in total. The fraction of sp³-hybridized carbons (Fsp3) is 0.800. The molecule has 0 spiro atoms. The predicted molar refractivity (Wildman–Crippen MR) is 67.1 cm³/mol. The highest BCUT2D eigenvalue weighted by atomic mass is 32.2. The Kier molecular flexibility index (Phi) is 6.66. The maximum Gasteiger partial charge on any atom is 0.256 e. The van der Waals surface area contributed by atoms with Crippen LogP contribution in [0.3, 0.4) is 0 Å². The molecule has 1 aromatic heterocycles. The fourth-order valence-corrected chi connectivity index (χ4v) is 2.49. The standard InChI is InChI=1S/C10H19N5O2S/c1-3-4-5-6-7-8(9(16)12-17)18-10-11-13-14-15(10)2/h8,17H,3-7H2,1-2H3,(H,12,16). The number of nitrogens with one attached hydrogen (secondary N) is 1. The van der Waals surface area contributed by atoms with Gasteiger partial charge in [0.15, 0.2) is 0 Å². The Morgan fingerprint density at radius 3 is 2.83 bits per heavy atom. The molecule has 0 fully saturated rings. The molecule has 1 rings (SSSR count). The van der Waals surface area contributed by atoms with Crippen molar-refractivity contribution in [1.29, 1.82) is 0 Å². The molecule has 102 valence electrons. The van der Waals surface area contributed by atoms with Gasteiger partial charge in [0.2, 0.25) is 5.16 Å². The van der Waals surface area contributed by atoms with Crippen LogP contribution in [0.4, 0.5) is 0 Å². The Bertz CT molecular complexity index is 371. The summed E-state index contributed by atoms with van der Waals surface area (Å²) in [6, 6.07) is 0. The summed E-state index contributed by atoms with van der Waals surface area (Å²) in [7, 11) is 1.72. The first-order valence-corrected chi connectivity index (χ1v) is 6.90. The van der Waals surface area contributed by atoms with E-state index in [4.69, 9.17) is 5.21 Å². The van der Waals surface area contributed by atoms with E-state index in [9.17, 15) is 4.79 Å². The molecule has 0 aromatic carbocycles. The highest BCUT2D eigenvalue weighted by Crippen LogP contribution is 2.24.